The molecule has 3 heterocycles. The smallest absolute Gasteiger partial charge is 0.410 e. The van der Waals surface area contributed by atoms with Crippen LogP contribution >= 0.6 is 0 Å². The number of hydrogen-bond donors (Lipinski definition) is 1. The molecule has 3 fully saturated rings. The molecule has 3 saturated heterocycles. The van der Waals surface area contributed by atoms with E-state index >= 15 is 0 Å². The molecule has 11 nitrogen and oxygen atoms in total. The van der Waals surface area contributed by atoms with Crippen molar-refractivity contribution in [1.29, 1.82) is 0 Å². The summed E-state index contributed by atoms with van der Waals surface area (Å²) in [5.74, 6) is -0.731. The minimum atomic E-state index is -0.849. The summed E-state index contributed by atoms with van der Waals surface area (Å²) in [7, 11) is 0. The highest BCUT2D eigenvalue weighted by Crippen LogP contribution is 2.30. The Morgan fingerprint density at radius 3 is 2.58 bits per heavy atom. The zero-order valence-electron chi connectivity index (χ0n) is 21.0. The maximum absolute atomic E-state index is 12.9. The second-order valence-corrected chi connectivity index (χ2v) is 10.2. The molecule has 2 bridgehead atoms. The number of rotatable bonds is 7. The summed E-state index contributed by atoms with van der Waals surface area (Å²) in [5, 5.41) is 4.02. The van der Waals surface area contributed by atoms with Gasteiger partial charge in [0.05, 0.1) is 25.7 Å². The lowest BCUT2D eigenvalue weighted by Crippen LogP contribution is -2.54. The summed E-state index contributed by atoms with van der Waals surface area (Å²) in [5.41, 5.74) is 0.307. The van der Waals surface area contributed by atoms with Crippen LogP contribution in [0.5, 0.6) is 0 Å². The summed E-state index contributed by atoms with van der Waals surface area (Å²) in [6, 6.07) is 8.44. The molecule has 0 saturated carbocycles. The third-order valence-electron chi connectivity index (χ3n) is 6.35. The monoisotopic (exact) mass is 502 g/mol. The van der Waals surface area contributed by atoms with Crippen LogP contribution in [0.2, 0.25) is 0 Å². The van der Waals surface area contributed by atoms with Gasteiger partial charge in [0.15, 0.2) is 5.78 Å². The molecule has 36 heavy (non-hydrogen) atoms. The predicted molar refractivity (Wildman–Crippen MR) is 128 cm³/mol. The highest BCUT2D eigenvalue weighted by Gasteiger charge is 2.48. The molecule has 1 aromatic rings. The van der Waals surface area contributed by atoms with E-state index in [-0.39, 0.29) is 50.1 Å². The van der Waals surface area contributed by atoms with Crippen molar-refractivity contribution in [2.45, 2.75) is 64.0 Å². The van der Waals surface area contributed by atoms with Crippen molar-refractivity contribution in [3.8, 4) is 0 Å². The summed E-state index contributed by atoms with van der Waals surface area (Å²) >= 11 is 0. The lowest BCUT2D eigenvalue weighted by molar-refractivity contribution is -0.140. The van der Waals surface area contributed by atoms with Crippen molar-refractivity contribution in [2.24, 2.45) is 0 Å². The normalized spacial score (nSPS) is 24.0. The summed E-state index contributed by atoms with van der Waals surface area (Å²) in [4.78, 5) is 59.6. The number of amides is 4. The van der Waals surface area contributed by atoms with Crippen LogP contribution in [-0.2, 0) is 30.5 Å². The predicted octanol–water partition coefficient (Wildman–Crippen LogP) is 1.71. The van der Waals surface area contributed by atoms with Crippen molar-refractivity contribution in [3.63, 3.8) is 0 Å². The van der Waals surface area contributed by atoms with Crippen molar-refractivity contribution < 1.29 is 33.5 Å². The van der Waals surface area contributed by atoms with Gasteiger partial charge in [0.25, 0.3) is 0 Å². The van der Waals surface area contributed by atoms with E-state index in [1.807, 2.05) is 30.3 Å². The number of nitrogens with zero attached hydrogens (tertiary/aromatic N) is 3. The van der Waals surface area contributed by atoms with Crippen molar-refractivity contribution in [3.05, 3.63) is 35.9 Å². The highest BCUT2D eigenvalue weighted by molar-refractivity contribution is 5.93. The van der Waals surface area contributed by atoms with Crippen molar-refractivity contribution in [1.82, 2.24) is 20.2 Å². The Kier molecular flexibility index (Phi) is 7.79. The number of nitrogens with one attached hydrogen (secondary N) is 1. The number of fused-ring (bicyclic) bond motifs is 2. The Bertz CT molecular complexity index is 980. The van der Waals surface area contributed by atoms with Crippen LogP contribution < -0.4 is 5.32 Å². The molecule has 0 aromatic heterocycles. The fourth-order valence-electron chi connectivity index (χ4n) is 4.53. The number of morpholine rings is 1. The third-order valence-corrected chi connectivity index (χ3v) is 6.35. The Morgan fingerprint density at radius 1 is 1.11 bits per heavy atom. The second-order valence-electron chi connectivity index (χ2n) is 10.2. The van der Waals surface area contributed by atoms with E-state index in [9.17, 15) is 19.2 Å². The average Bonchev–Trinajstić information content (AvgIpc) is 3.09. The van der Waals surface area contributed by atoms with E-state index in [2.05, 4.69) is 5.32 Å². The lowest BCUT2D eigenvalue weighted by Gasteiger charge is -2.33. The zero-order valence-corrected chi connectivity index (χ0v) is 21.0. The summed E-state index contributed by atoms with van der Waals surface area (Å²) in [6.45, 7) is 6.34. The molecule has 0 aliphatic carbocycles. The number of piperidine rings is 1. The van der Waals surface area contributed by atoms with Gasteiger partial charge in [0, 0.05) is 13.1 Å². The van der Waals surface area contributed by atoms with Crippen LogP contribution in [0.15, 0.2) is 30.3 Å². The third kappa shape index (κ3) is 6.14. The standard InChI is InChI=1S/C25H34N4O7/c1-25(2,3)36-24(33)27-11-12-34-21(15-27)20(30)13-26-22(31)19-10-9-18-14-28(19)23(32)29(18)35-16-17-7-5-4-6-8-17/h4-8,18-19,21H,9-16H2,1-3H3,(H,26,31)/t18-,19+,21?/m1/s1. The number of ether oxygens (including phenoxy) is 2. The van der Waals surface area contributed by atoms with Crippen LogP contribution in [0.25, 0.3) is 0 Å². The van der Waals surface area contributed by atoms with E-state index in [4.69, 9.17) is 14.3 Å². The van der Waals surface area contributed by atoms with Crippen LogP contribution in [0.1, 0.15) is 39.2 Å². The molecule has 1 aromatic carbocycles. The van der Waals surface area contributed by atoms with Crippen LogP contribution in [-0.4, -0.2) is 95.3 Å². The average molecular weight is 503 g/mol. The largest absolute Gasteiger partial charge is 0.444 e. The van der Waals surface area contributed by atoms with Gasteiger partial charge in [0.2, 0.25) is 5.91 Å². The first kappa shape index (κ1) is 25.9. The first-order chi connectivity index (χ1) is 17.1. The summed E-state index contributed by atoms with van der Waals surface area (Å²) in [6.07, 6.45) is -0.248. The van der Waals surface area contributed by atoms with Gasteiger partial charge in [-0.1, -0.05) is 30.3 Å². The number of Topliss-reactive ketones (excluding diaryl/α,β-unsaturated/α-hetero) is 1. The van der Waals surface area contributed by atoms with E-state index in [1.54, 1.807) is 20.8 Å². The number of hydrogen-bond acceptors (Lipinski definition) is 7. The number of carbonyl (C=O) groups is 4. The minimum Gasteiger partial charge on any atom is -0.444 e. The Morgan fingerprint density at radius 2 is 1.86 bits per heavy atom. The molecule has 11 heteroatoms. The molecular formula is C25H34N4O7. The van der Waals surface area contributed by atoms with Gasteiger partial charge in [-0.3, -0.25) is 14.4 Å². The molecule has 3 atom stereocenters. The molecule has 3 aliphatic rings. The van der Waals surface area contributed by atoms with Gasteiger partial charge < -0.3 is 24.6 Å². The first-order valence-electron chi connectivity index (χ1n) is 12.3. The van der Waals surface area contributed by atoms with Gasteiger partial charge in [0.1, 0.15) is 24.4 Å². The maximum atomic E-state index is 12.9. The van der Waals surface area contributed by atoms with Crippen LogP contribution in [0.3, 0.4) is 0 Å². The SMILES string of the molecule is CC(C)(C)OC(=O)N1CCOC(C(=O)CNC(=O)[C@@H]2CC[C@@H]3CN2C(=O)N3OCc2ccccc2)C1. The van der Waals surface area contributed by atoms with Crippen LogP contribution in [0, 0.1) is 0 Å². The molecule has 4 rings (SSSR count). The van der Waals surface area contributed by atoms with Gasteiger partial charge in [-0.05, 0) is 39.2 Å². The molecule has 196 valence electrons. The van der Waals surface area contributed by atoms with Gasteiger partial charge in [-0.25, -0.2) is 9.59 Å². The van der Waals surface area contributed by atoms with Crippen LogP contribution in [0.4, 0.5) is 9.59 Å². The highest BCUT2D eigenvalue weighted by atomic mass is 16.7. The van der Waals surface area contributed by atoms with E-state index in [0.29, 0.717) is 25.9 Å². The Balaban J connectivity index is 1.26. The number of urea groups is 1. The fourth-order valence-corrected chi connectivity index (χ4v) is 4.53. The van der Waals surface area contributed by atoms with Gasteiger partial charge in [-0.2, -0.15) is 5.06 Å². The second kappa shape index (κ2) is 10.8. The molecule has 3 aliphatic heterocycles. The zero-order chi connectivity index (χ0) is 25.9. The topological polar surface area (TPSA) is 118 Å². The van der Waals surface area contributed by atoms with Crippen molar-refractivity contribution >= 4 is 23.8 Å². The van der Waals surface area contributed by atoms with Crippen molar-refractivity contribution in [2.75, 3.05) is 32.8 Å². The number of ketones is 1. The number of carbonyl (C=O) groups excluding carboxylic acids is 4. The molecule has 0 spiro atoms. The van der Waals surface area contributed by atoms with E-state index in [1.165, 1.54) is 14.9 Å². The Labute approximate surface area is 210 Å². The summed E-state index contributed by atoms with van der Waals surface area (Å²) < 4.78 is 10.9. The maximum Gasteiger partial charge on any atom is 0.410 e. The van der Waals surface area contributed by atoms with E-state index < -0.39 is 23.8 Å². The van der Waals surface area contributed by atoms with E-state index in [0.717, 1.165) is 5.56 Å². The molecular weight excluding hydrogens is 468 g/mol. The Hall–Kier alpha value is -3.18. The fraction of sp³-hybridized carbons (Fsp3) is 0.600. The number of hydroxylamine groups is 2. The molecule has 0 radical (unpaired) electrons. The molecule has 4 amide bonds. The van der Waals surface area contributed by atoms with Gasteiger partial charge in [-0.15, -0.1) is 0 Å². The molecule has 1 unspecified atom stereocenters. The van der Waals surface area contributed by atoms with Gasteiger partial charge >= 0.3 is 12.1 Å². The lowest BCUT2D eigenvalue weighted by atomic mass is 10.00. The number of benzene rings is 1. The first-order valence-corrected chi connectivity index (χ1v) is 12.3. The molecule has 1 N–H and O–H groups in total. The quantitative estimate of drug-likeness (QED) is 0.603. The minimum absolute atomic E-state index is 0.0625.